The van der Waals surface area contributed by atoms with E-state index in [2.05, 4.69) is 20.6 Å². The molecule has 2 aromatic carbocycles. The molecule has 188 valence electrons. The van der Waals surface area contributed by atoms with Crippen molar-refractivity contribution in [1.82, 2.24) is 10.7 Å². The summed E-state index contributed by atoms with van der Waals surface area (Å²) in [6, 6.07) is 8.56. The number of amides is 2. The monoisotopic (exact) mass is 523 g/mol. The number of hydrogen-bond donors (Lipinski definition) is 2. The van der Waals surface area contributed by atoms with Gasteiger partial charge in [0.05, 0.1) is 30.5 Å². The second-order valence-electron chi connectivity index (χ2n) is 7.56. The number of esters is 1. The van der Waals surface area contributed by atoms with Crippen LogP contribution in [0.15, 0.2) is 41.5 Å². The highest BCUT2D eigenvalue weighted by Crippen LogP contribution is 2.28. The van der Waals surface area contributed by atoms with Crippen LogP contribution in [0.2, 0.25) is 10.0 Å². The van der Waals surface area contributed by atoms with E-state index >= 15 is 0 Å². The molecule has 0 fully saturated rings. The van der Waals surface area contributed by atoms with Crippen LogP contribution in [0.5, 0.6) is 11.5 Å². The van der Waals surface area contributed by atoms with E-state index in [1.807, 2.05) is 6.92 Å². The van der Waals surface area contributed by atoms with Crippen LogP contribution in [-0.2, 0) is 14.3 Å². The molecule has 0 spiro atoms. The Bertz CT molecular complexity index is 1090. The molecular weight excluding hydrogens is 497 g/mol. The Morgan fingerprint density at radius 3 is 2.43 bits per heavy atom. The van der Waals surface area contributed by atoms with Crippen LogP contribution in [0.3, 0.4) is 0 Å². The first-order chi connectivity index (χ1) is 16.7. The van der Waals surface area contributed by atoms with Gasteiger partial charge in [0.15, 0.2) is 18.1 Å². The highest BCUT2D eigenvalue weighted by atomic mass is 35.5. The number of nitrogens with zero attached hydrogens (tertiary/aromatic N) is 1. The van der Waals surface area contributed by atoms with Gasteiger partial charge in [-0.25, -0.2) is 10.2 Å². The molecule has 35 heavy (non-hydrogen) atoms. The second kappa shape index (κ2) is 13.6. The molecule has 0 aliphatic heterocycles. The first kappa shape index (κ1) is 27.9. The number of carbonyl (C=O) groups excluding carboxylic acids is 3. The first-order valence-electron chi connectivity index (χ1n) is 10.7. The number of halogens is 2. The molecule has 11 heteroatoms. The quantitative estimate of drug-likeness (QED) is 0.262. The van der Waals surface area contributed by atoms with Gasteiger partial charge in [0.25, 0.3) is 11.8 Å². The third-order valence-corrected chi connectivity index (χ3v) is 5.19. The third-order valence-electron chi connectivity index (χ3n) is 4.64. The summed E-state index contributed by atoms with van der Waals surface area (Å²) in [6.07, 6.45) is 1.42. The molecule has 1 unspecified atom stereocenters. The van der Waals surface area contributed by atoms with Crippen molar-refractivity contribution in [3.8, 4) is 11.5 Å². The van der Waals surface area contributed by atoms with Crippen LogP contribution < -0.4 is 20.2 Å². The summed E-state index contributed by atoms with van der Waals surface area (Å²) < 4.78 is 15.5. The number of hydrazone groups is 1. The molecule has 1 atom stereocenters. The molecule has 0 saturated heterocycles. The van der Waals surface area contributed by atoms with Crippen molar-refractivity contribution in [2.45, 2.75) is 26.8 Å². The summed E-state index contributed by atoms with van der Waals surface area (Å²) in [5.74, 6) is -0.992. The number of methoxy groups -OCH3 is 1. The molecule has 9 nitrogen and oxygen atoms in total. The minimum absolute atomic E-state index is 0.181. The van der Waals surface area contributed by atoms with E-state index in [1.165, 1.54) is 25.5 Å². The van der Waals surface area contributed by atoms with E-state index in [4.69, 9.17) is 32.7 Å². The minimum atomic E-state index is -0.862. The maximum Gasteiger partial charge on any atom is 0.343 e. The van der Waals surface area contributed by atoms with Gasteiger partial charge < -0.3 is 19.5 Å². The lowest BCUT2D eigenvalue weighted by Crippen LogP contribution is -2.48. The number of hydrogen-bond acceptors (Lipinski definition) is 7. The maximum atomic E-state index is 12.7. The topological polar surface area (TPSA) is 115 Å². The van der Waals surface area contributed by atoms with Gasteiger partial charge in [0, 0.05) is 5.02 Å². The van der Waals surface area contributed by atoms with Gasteiger partial charge in [-0.15, -0.1) is 0 Å². The molecule has 0 aliphatic carbocycles. The highest BCUT2D eigenvalue weighted by Gasteiger charge is 2.25. The summed E-state index contributed by atoms with van der Waals surface area (Å²) in [6.45, 7) is 5.50. The standard InChI is InChI=1S/C24H27Cl2N3O6/c1-5-34-20-10-15(6-9-19(20)35-13-21(30)33-4)12-27-29-24(32)22(14(2)3)28-23(31)17-8-7-16(25)11-18(17)26/h6-12,14,22H,5,13H2,1-4H3,(H,28,31)(H,29,32). The lowest BCUT2D eigenvalue weighted by Gasteiger charge is -2.20. The Balaban J connectivity index is 2.07. The molecule has 2 aromatic rings. The van der Waals surface area contributed by atoms with Crippen LogP contribution in [-0.4, -0.2) is 50.4 Å². The van der Waals surface area contributed by atoms with Crippen molar-refractivity contribution in [1.29, 1.82) is 0 Å². The van der Waals surface area contributed by atoms with Crippen LogP contribution in [0.4, 0.5) is 0 Å². The van der Waals surface area contributed by atoms with Gasteiger partial charge in [-0.05, 0) is 54.8 Å². The van der Waals surface area contributed by atoms with E-state index in [0.29, 0.717) is 28.7 Å². The van der Waals surface area contributed by atoms with Crippen molar-refractivity contribution in [3.05, 3.63) is 57.6 Å². The Morgan fingerprint density at radius 2 is 1.80 bits per heavy atom. The van der Waals surface area contributed by atoms with Crippen molar-refractivity contribution < 1.29 is 28.6 Å². The Hall–Kier alpha value is -3.30. The Kier molecular flexibility index (Phi) is 10.8. The molecule has 0 saturated carbocycles. The van der Waals surface area contributed by atoms with E-state index in [0.717, 1.165) is 0 Å². The van der Waals surface area contributed by atoms with Crippen molar-refractivity contribution in [2.24, 2.45) is 11.0 Å². The molecule has 2 N–H and O–H groups in total. The molecule has 0 bridgehead atoms. The first-order valence-corrected chi connectivity index (χ1v) is 11.5. The van der Waals surface area contributed by atoms with Crippen LogP contribution >= 0.6 is 23.2 Å². The number of nitrogens with one attached hydrogen (secondary N) is 2. The van der Waals surface area contributed by atoms with Crippen molar-refractivity contribution in [2.75, 3.05) is 20.3 Å². The van der Waals surface area contributed by atoms with Gasteiger partial charge in [0.2, 0.25) is 0 Å². The second-order valence-corrected chi connectivity index (χ2v) is 8.40. The molecule has 2 rings (SSSR count). The fourth-order valence-corrected chi connectivity index (χ4v) is 3.35. The van der Waals surface area contributed by atoms with E-state index < -0.39 is 23.8 Å². The van der Waals surface area contributed by atoms with Crippen LogP contribution in [0, 0.1) is 5.92 Å². The fraction of sp³-hybridized carbons (Fsp3) is 0.333. The predicted molar refractivity (Wildman–Crippen MR) is 133 cm³/mol. The van der Waals surface area contributed by atoms with E-state index in [1.54, 1.807) is 38.1 Å². The summed E-state index contributed by atoms with van der Waals surface area (Å²) in [5.41, 5.74) is 3.25. The van der Waals surface area contributed by atoms with Crippen LogP contribution in [0.1, 0.15) is 36.7 Å². The van der Waals surface area contributed by atoms with E-state index in [-0.39, 0.29) is 23.1 Å². The highest BCUT2D eigenvalue weighted by molar-refractivity contribution is 6.36. The average Bonchev–Trinajstić information content (AvgIpc) is 2.81. The zero-order valence-electron chi connectivity index (χ0n) is 19.8. The predicted octanol–water partition coefficient (Wildman–Crippen LogP) is 3.85. The maximum absolute atomic E-state index is 12.7. The van der Waals surface area contributed by atoms with Crippen LogP contribution in [0.25, 0.3) is 0 Å². The van der Waals surface area contributed by atoms with Gasteiger partial charge in [-0.3, -0.25) is 9.59 Å². The fourth-order valence-electron chi connectivity index (χ4n) is 2.86. The summed E-state index contributed by atoms with van der Waals surface area (Å²) in [7, 11) is 1.27. The molecule has 0 aliphatic rings. The van der Waals surface area contributed by atoms with Gasteiger partial charge in [-0.2, -0.15) is 5.10 Å². The minimum Gasteiger partial charge on any atom is -0.490 e. The Labute approximate surface area is 213 Å². The summed E-state index contributed by atoms with van der Waals surface area (Å²) in [4.78, 5) is 36.6. The molecule has 0 heterocycles. The molecular formula is C24H27Cl2N3O6. The molecule has 0 aromatic heterocycles. The zero-order chi connectivity index (χ0) is 26.0. The zero-order valence-corrected chi connectivity index (χ0v) is 21.3. The number of rotatable bonds is 11. The normalized spacial score (nSPS) is 11.7. The van der Waals surface area contributed by atoms with Gasteiger partial charge >= 0.3 is 5.97 Å². The SMILES string of the molecule is CCOc1cc(C=NNC(=O)C(NC(=O)c2ccc(Cl)cc2Cl)C(C)C)ccc1OCC(=O)OC. The third kappa shape index (κ3) is 8.45. The van der Waals surface area contributed by atoms with Crippen molar-refractivity contribution >= 4 is 47.2 Å². The number of carbonyl (C=O) groups is 3. The Morgan fingerprint density at radius 1 is 1.06 bits per heavy atom. The summed E-state index contributed by atoms with van der Waals surface area (Å²) in [5, 5.41) is 7.24. The van der Waals surface area contributed by atoms with Gasteiger partial charge in [-0.1, -0.05) is 37.0 Å². The largest absolute Gasteiger partial charge is 0.490 e. The number of benzene rings is 2. The molecule has 0 radical (unpaired) electrons. The van der Waals surface area contributed by atoms with E-state index in [9.17, 15) is 14.4 Å². The van der Waals surface area contributed by atoms with Crippen molar-refractivity contribution in [3.63, 3.8) is 0 Å². The molecule has 2 amide bonds. The smallest absolute Gasteiger partial charge is 0.343 e. The lowest BCUT2D eigenvalue weighted by molar-refractivity contribution is -0.142. The average molecular weight is 524 g/mol. The lowest BCUT2D eigenvalue weighted by atomic mass is 10.0. The van der Waals surface area contributed by atoms with Gasteiger partial charge in [0.1, 0.15) is 6.04 Å². The number of ether oxygens (including phenoxy) is 3. The summed E-state index contributed by atoms with van der Waals surface area (Å²) >= 11 is 12.0.